The summed E-state index contributed by atoms with van der Waals surface area (Å²) in [6, 6.07) is 4.19. The molecule has 7 heteroatoms. The van der Waals surface area contributed by atoms with Gasteiger partial charge in [0, 0.05) is 32.7 Å². The molecule has 0 saturated carbocycles. The van der Waals surface area contributed by atoms with Gasteiger partial charge in [0.1, 0.15) is 5.76 Å². The minimum atomic E-state index is 0. The molecule has 3 unspecified atom stereocenters. The van der Waals surface area contributed by atoms with E-state index in [9.17, 15) is 0 Å². The number of guanidine groups is 1. The molecule has 0 aromatic carbocycles. The van der Waals surface area contributed by atoms with Crippen LogP contribution in [-0.4, -0.2) is 56.8 Å². The molecule has 0 bridgehead atoms. The second kappa shape index (κ2) is 12.8. The lowest BCUT2D eigenvalue weighted by atomic mass is 9.78. The Labute approximate surface area is 194 Å². The number of furan rings is 1. The Morgan fingerprint density at radius 3 is 2.55 bits per heavy atom. The van der Waals surface area contributed by atoms with Gasteiger partial charge in [-0.3, -0.25) is 9.89 Å². The molecular formula is C22H41IN4O2. The van der Waals surface area contributed by atoms with Crippen molar-refractivity contribution in [3.8, 4) is 0 Å². The Morgan fingerprint density at radius 1 is 1.28 bits per heavy atom. The highest BCUT2D eigenvalue weighted by atomic mass is 127. The number of hydrogen-bond acceptors (Lipinski definition) is 4. The molecule has 1 fully saturated rings. The maximum Gasteiger partial charge on any atom is 0.191 e. The summed E-state index contributed by atoms with van der Waals surface area (Å²) in [4.78, 5) is 6.82. The average molecular weight is 521 g/mol. The molecule has 1 aliphatic heterocycles. The highest BCUT2D eigenvalue weighted by Crippen LogP contribution is 2.33. The van der Waals surface area contributed by atoms with Crippen molar-refractivity contribution in [1.29, 1.82) is 0 Å². The van der Waals surface area contributed by atoms with Gasteiger partial charge >= 0.3 is 0 Å². The maximum atomic E-state index is 6.11. The van der Waals surface area contributed by atoms with Gasteiger partial charge in [0.15, 0.2) is 5.96 Å². The second-order valence-electron chi connectivity index (χ2n) is 8.65. The van der Waals surface area contributed by atoms with Crippen molar-refractivity contribution in [2.75, 3.05) is 39.8 Å². The number of ether oxygens (including phenoxy) is 1. The number of halogens is 1. The van der Waals surface area contributed by atoms with Gasteiger partial charge in [0.05, 0.1) is 18.4 Å². The summed E-state index contributed by atoms with van der Waals surface area (Å²) >= 11 is 0. The van der Waals surface area contributed by atoms with Crippen LogP contribution < -0.4 is 10.6 Å². The highest BCUT2D eigenvalue weighted by molar-refractivity contribution is 14.0. The molecule has 0 amide bonds. The highest BCUT2D eigenvalue weighted by Gasteiger charge is 2.35. The topological polar surface area (TPSA) is 62.0 Å². The van der Waals surface area contributed by atoms with E-state index < -0.39 is 0 Å². The third-order valence-electron chi connectivity index (χ3n) is 5.64. The predicted octanol–water partition coefficient (Wildman–Crippen LogP) is 4.29. The molecule has 29 heavy (non-hydrogen) atoms. The molecule has 6 nitrogen and oxygen atoms in total. The van der Waals surface area contributed by atoms with Crippen LogP contribution in [0.1, 0.15) is 59.3 Å². The predicted molar refractivity (Wildman–Crippen MR) is 131 cm³/mol. The van der Waals surface area contributed by atoms with Crippen molar-refractivity contribution in [1.82, 2.24) is 15.5 Å². The molecule has 2 heterocycles. The summed E-state index contributed by atoms with van der Waals surface area (Å²) in [7, 11) is 1.83. The van der Waals surface area contributed by atoms with Crippen molar-refractivity contribution in [2.24, 2.45) is 16.3 Å². The number of likely N-dealkylation sites (N-methyl/N-ethyl adjacent to an activating group) is 1. The summed E-state index contributed by atoms with van der Waals surface area (Å²) in [6.45, 7) is 15.6. The normalized spacial score (nSPS) is 21.6. The van der Waals surface area contributed by atoms with Crippen molar-refractivity contribution < 1.29 is 9.15 Å². The number of nitrogens with one attached hydrogen (secondary N) is 2. The van der Waals surface area contributed by atoms with Crippen molar-refractivity contribution >= 4 is 29.9 Å². The number of rotatable bonds is 8. The molecule has 2 N–H and O–H groups in total. The first kappa shape index (κ1) is 26.2. The number of aliphatic imine (C=N–C) groups is 1. The maximum absolute atomic E-state index is 6.11. The second-order valence-corrected chi connectivity index (χ2v) is 8.65. The van der Waals surface area contributed by atoms with Crippen molar-refractivity contribution in [2.45, 2.75) is 59.6 Å². The number of nitrogens with zero attached hydrogens (tertiary/aromatic N) is 2. The van der Waals surface area contributed by atoms with Gasteiger partial charge in [0.2, 0.25) is 0 Å². The summed E-state index contributed by atoms with van der Waals surface area (Å²) in [5.41, 5.74) is 0.150. The zero-order valence-electron chi connectivity index (χ0n) is 19.0. The van der Waals surface area contributed by atoms with E-state index in [2.05, 4.69) is 55.1 Å². The fourth-order valence-corrected chi connectivity index (χ4v) is 4.21. The van der Waals surface area contributed by atoms with Gasteiger partial charge in [-0.05, 0) is 43.5 Å². The fraction of sp³-hybridized carbons (Fsp3) is 0.773. The van der Waals surface area contributed by atoms with E-state index in [1.54, 1.807) is 6.26 Å². The average Bonchev–Trinajstić information content (AvgIpc) is 3.21. The Bertz CT molecular complexity index is 582. The smallest absolute Gasteiger partial charge is 0.191 e. The van der Waals surface area contributed by atoms with Crippen LogP contribution in [0.5, 0.6) is 0 Å². The molecule has 1 saturated heterocycles. The fourth-order valence-electron chi connectivity index (χ4n) is 4.21. The van der Waals surface area contributed by atoms with Crippen LogP contribution in [0.2, 0.25) is 0 Å². The van der Waals surface area contributed by atoms with Gasteiger partial charge in [-0.15, -0.1) is 24.0 Å². The monoisotopic (exact) mass is 520 g/mol. The van der Waals surface area contributed by atoms with E-state index in [0.29, 0.717) is 5.92 Å². The van der Waals surface area contributed by atoms with E-state index in [0.717, 1.165) is 50.9 Å². The Kier molecular flexibility index (Phi) is 11.6. The summed E-state index contributed by atoms with van der Waals surface area (Å²) in [5, 5.41) is 7.02. The van der Waals surface area contributed by atoms with Crippen LogP contribution >= 0.6 is 24.0 Å². The van der Waals surface area contributed by atoms with Crippen LogP contribution in [-0.2, 0) is 4.74 Å². The van der Waals surface area contributed by atoms with E-state index in [-0.39, 0.29) is 41.5 Å². The van der Waals surface area contributed by atoms with Crippen LogP contribution in [0.15, 0.2) is 27.8 Å². The third-order valence-corrected chi connectivity index (χ3v) is 5.64. The minimum absolute atomic E-state index is 0. The van der Waals surface area contributed by atoms with Gasteiger partial charge < -0.3 is 19.8 Å². The quantitative estimate of drug-likeness (QED) is 0.304. The van der Waals surface area contributed by atoms with E-state index >= 15 is 0 Å². The molecule has 1 aliphatic rings. The third kappa shape index (κ3) is 7.75. The first-order valence-electron chi connectivity index (χ1n) is 10.7. The van der Waals surface area contributed by atoms with E-state index in [1.807, 2.05) is 19.2 Å². The molecule has 3 atom stereocenters. The van der Waals surface area contributed by atoms with Gasteiger partial charge in [-0.1, -0.05) is 34.6 Å². The summed E-state index contributed by atoms with van der Waals surface area (Å²) in [6.07, 6.45) is 4.35. The SMILES string of the molecule is CCN(CC)C(CNC(=NC)NCC1CCCOC1C(C)(C)C)c1ccco1.I. The first-order valence-corrected chi connectivity index (χ1v) is 10.7. The largest absolute Gasteiger partial charge is 0.468 e. The molecule has 1 aromatic heterocycles. The molecule has 0 aliphatic carbocycles. The Balaban J connectivity index is 0.00000420. The lowest BCUT2D eigenvalue weighted by Gasteiger charge is -2.40. The van der Waals surface area contributed by atoms with E-state index in [4.69, 9.17) is 9.15 Å². The zero-order valence-corrected chi connectivity index (χ0v) is 21.4. The molecule has 168 valence electrons. The van der Waals surface area contributed by atoms with Gasteiger partial charge in [-0.25, -0.2) is 0 Å². The standard InChI is InChI=1S/C22H40N4O2.HI/c1-7-26(8-2)18(19-12-10-13-27-19)16-25-21(23-6)24-15-17-11-9-14-28-20(17)22(3,4)5;/h10,12-13,17-18,20H,7-9,11,14-16H2,1-6H3,(H2,23,24,25);1H. The lowest BCUT2D eigenvalue weighted by molar-refractivity contribution is -0.0835. The molecule has 0 radical (unpaired) electrons. The minimum Gasteiger partial charge on any atom is -0.468 e. The van der Waals surface area contributed by atoms with Crippen LogP contribution in [0.25, 0.3) is 0 Å². The van der Waals surface area contributed by atoms with E-state index in [1.165, 1.54) is 6.42 Å². The van der Waals surface area contributed by atoms with Crippen molar-refractivity contribution in [3.05, 3.63) is 24.2 Å². The summed E-state index contributed by atoms with van der Waals surface area (Å²) < 4.78 is 11.8. The molecule has 0 spiro atoms. The van der Waals surface area contributed by atoms with Crippen molar-refractivity contribution in [3.63, 3.8) is 0 Å². The molecule has 1 aromatic rings. The van der Waals surface area contributed by atoms with Crippen LogP contribution in [0.3, 0.4) is 0 Å². The summed E-state index contributed by atoms with van der Waals surface area (Å²) in [5.74, 6) is 2.32. The number of hydrogen-bond donors (Lipinski definition) is 2. The molecular weight excluding hydrogens is 479 g/mol. The van der Waals surface area contributed by atoms with Crippen LogP contribution in [0, 0.1) is 11.3 Å². The van der Waals surface area contributed by atoms with Gasteiger partial charge in [-0.2, -0.15) is 0 Å². The Morgan fingerprint density at radius 2 is 2.00 bits per heavy atom. The Hall–Kier alpha value is -0.800. The van der Waals surface area contributed by atoms with Crippen LogP contribution in [0.4, 0.5) is 0 Å². The first-order chi connectivity index (χ1) is 13.4. The zero-order chi connectivity index (χ0) is 20.6. The lowest BCUT2D eigenvalue weighted by Crippen LogP contribution is -2.48. The molecule has 2 rings (SSSR count). The van der Waals surface area contributed by atoms with Gasteiger partial charge in [0.25, 0.3) is 0 Å².